The molecule has 0 saturated heterocycles. The number of carboxylic acids is 1. The summed E-state index contributed by atoms with van der Waals surface area (Å²) in [4.78, 5) is 26.6. The van der Waals surface area contributed by atoms with Gasteiger partial charge in [0.15, 0.2) is 0 Å². The maximum atomic E-state index is 11.6. The highest BCUT2D eigenvalue weighted by Crippen LogP contribution is 2.12. The van der Waals surface area contributed by atoms with Gasteiger partial charge in [-0.15, -0.1) is 0 Å². The van der Waals surface area contributed by atoms with Crippen LogP contribution in [0, 0.1) is 13.8 Å². The summed E-state index contributed by atoms with van der Waals surface area (Å²) in [6.07, 6.45) is 0.327. The fourth-order valence-corrected chi connectivity index (χ4v) is 1.47. The van der Waals surface area contributed by atoms with E-state index in [4.69, 9.17) is 5.11 Å². The summed E-state index contributed by atoms with van der Waals surface area (Å²) >= 11 is 0. The van der Waals surface area contributed by atoms with Gasteiger partial charge in [0.25, 0.3) is 0 Å². The molecule has 0 unspecified atom stereocenters. The summed E-state index contributed by atoms with van der Waals surface area (Å²) in [6.45, 7) is 5.32. The number of aromatic nitrogens is 1. The van der Waals surface area contributed by atoms with Crippen molar-refractivity contribution in [2.45, 2.75) is 33.2 Å². The van der Waals surface area contributed by atoms with Gasteiger partial charge in [-0.25, -0.2) is 9.59 Å². The average molecular weight is 251 g/mol. The molecule has 0 fully saturated rings. The highest BCUT2D eigenvalue weighted by molar-refractivity contribution is 5.92. The van der Waals surface area contributed by atoms with E-state index in [2.05, 4.69) is 15.6 Å². The van der Waals surface area contributed by atoms with E-state index in [-0.39, 0.29) is 0 Å². The van der Waals surface area contributed by atoms with Gasteiger partial charge >= 0.3 is 12.0 Å². The van der Waals surface area contributed by atoms with Crippen LogP contribution in [-0.4, -0.2) is 28.1 Å². The number of hydrogen-bond acceptors (Lipinski definition) is 3. The summed E-state index contributed by atoms with van der Waals surface area (Å²) in [6, 6.07) is 2.08. The Kier molecular flexibility index (Phi) is 4.65. The molecule has 0 aliphatic rings. The number of aliphatic carboxylic acids is 1. The number of urea groups is 1. The number of rotatable bonds is 4. The fourth-order valence-electron chi connectivity index (χ4n) is 1.47. The first kappa shape index (κ1) is 14.0. The van der Waals surface area contributed by atoms with Gasteiger partial charge in [0.1, 0.15) is 6.04 Å². The largest absolute Gasteiger partial charge is 0.480 e. The molecule has 0 saturated carbocycles. The molecule has 0 radical (unpaired) electrons. The number of aryl methyl sites for hydroxylation is 2. The Morgan fingerprint density at radius 3 is 2.56 bits per heavy atom. The van der Waals surface area contributed by atoms with E-state index >= 15 is 0 Å². The van der Waals surface area contributed by atoms with Gasteiger partial charge in [-0.2, -0.15) is 0 Å². The van der Waals surface area contributed by atoms with E-state index in [9.17, 15) is 9.59 Å². The molecule has 98 valence electrons. The molecule has 0 bridgehead atoms. The first-order valence-corrected chi connectivity index (χ1v) is 5.68. The third-order valence-electron chi connectivity index (χ3n) is 2.48. The number of carbonyl (C=O) groups excluding carboxylic acids is 1. The van der Waals surface area contributed by atoms with Gasteiger partial charge in [-0.05, 0) is 32.4 Å². The second-order valence-electron chi connectivity index (χ2n) is 3.98. The second-order valence-corrected chi connectivity index (χ2v) is 3.98. The molecule has 3 N–H and O–H groups in total. The molecule has 0 aliphatic heterocycles. The molecule has 1 atom stereocenters. The van der Waals surface area contributed by atoms with Crippen molar-refractivity contribution in [3.8, 4) is 0 Å². The minimum Gasteiger partial charge on any atom is -0.480 e. The molecular weight excluding hydrogens is 234 g/mol. The van der Waals surface area contributed by atoms with Crippen molar-refractivity contribution in [1.82, 2.24) is 10.3 Å². The van der Waals surface area contributed by atoms with Crippen molar-refractivity contribution in [2.75, 3.05) is 5.32 Å². The van der Waals surface area contributed by atoms with E-state index in [1.54, 1.807) is 26.0 Å². The summed E-state index contributed by atoms with van der Waals surface area (Å²) < 4.78 is 0. The van der Waals surface area contributed by atoms with Crippen molar-refractivity contribution in [2.24, 2.45) is 0 Å². The number of amides is 2. The smallest absolute Gasteiger partial charge is 0.326 e. The molecule has 6 nitrogen and oxygen atoms in total. The number of carboxylic acid groups (broad SMARTS) is 1. The minimum atomic E-state index is -1.05. The molecule has 2 amide bonds. The zero-order valence-electron chi connectivity index (χ0n) is 10.7. The highest BCUT2D eigenvalue weighted by atomic mass is 16.4. The van der Waals surface area contributed by atoms with E-state index in [0.29, 0.717) is 17.8 Å². The molecule has 0 spiro atoms. The third-order valence-corrected chi connectivity index (χ3v) is 2.48. The van der Waals surface area contributed by atoms with Gasteiger partial charge in [0.2, 0.25) is 0 Å². The van der Waals surface area contributed by atoms with E-state index < -0.39 is 18.0 Å². The van der Waals surface area contributed by atoms with E-state index in [0.717, 1.165) is 5.69 Å². The van der Waals surface area contributed by atoms with Crippen LogP contribution in [0.2, 0.25) is 0 Å². The summed E-state index contributed by atoms with van der Waals surface area (Å²) in [5, 5.41) is 13.8. The fraction of sp³-hybridized carbons (Fsp3) is 0.417. The van der Waals surface area contributed by atoms with Gasteiger partial charge in [-0.1, -0.05) is 6.92 Å². The van der Waals surface area contributed by atoms with Crippen LogP contribution in [0.25, 0.3) is 0 Å². The van der Waals surface area contributed by atoms with Crippen LogP contribution in [0.1, 0.15) is 24.7 Å². The third kappa shape index (κ3) is 3.73. The number of nitrogens with one attached hydrogen (secondary N) is 2. The first-order valence-electron chi connectivity index (χ1n) is 5.68. The first-order chi connectivity index (χ1) is 8.43. The van der Waals surface area contributed by atoms with Crippen LogP contribution in [0.15, 0.2) is 12.1 Å². The molecule has 1 aromatic heterocycles. The van der Waals surface area contributed by atoms with Gasteiger partial charge in [-0.3, -0.25) is 4.98 Å². The standard InChI is InChI=1S/C12H17N3O3/c1-4-9(11(16)17)14-12(18)15-10-6-5-7(2)13-8(10)3/h5-6,9H,4H2,1-3H3,(H,16,17)(H2,14,15,18)/t9-/m0/s1. The Balaban J connectivity index is 2.67. The normalized spacial score (nSPS) is 11.7. The summed E-state index contributed by atoms with van der Waals surface area (Å²) in [7, 11) is 0. The number of carbonyl (C=O) groups is 2. The zero-order chi connectivity index (χ0) is 13.7. The van der Waals surface area contributed by atoms with Crippen molar-refractivity contribution < 1.29 is 14.7 Å². The quantitative estimate of drug-likeness (QED) is 0.759. The van der Waals surface area contributed by atoms with Crippen LogP contribution in [0.4, 0.5) is 10.5 Å². The molecule has 0 aromatic carbocycles. The SMILES string of the molecule is CC[C@H](NC(=O)Nc1ccc(C)nc1C)C(=O)O. The van der Waals surface area contributed by atoms with E-state index in [1.165, 1.54) is 0 Å². The van der Waals surface area contributed by atoms with E-state index in [1.807, 2.05) is 6.92 Å². The Morgan fingerprint density at radius 2 is 2.06 bits per heavy atom. The number of nitrogens with zero attached hydrogens (tertiary/aromatic N) is 1. The second kappa shape index (κ2) is 6.00. The molecule has 1 aromatic rings. The van der Waals surface area contributed by atoms with Crippen LogP contribution >= 0.6 is 0 Å². The van der Waals surface area contributed by atoms with Gasteiger partial charge in [0.05, 0.1) is 11.4 Å². The lowest BCUT2D eigenvalue weighted by Gasteiger charge is -2.14. The Labute approximate surface area is 105 Å². The maximum Gasteiger partial charge on any atom is 0.326 e. The number of hydrogen-bond donors (Lipinski definition) is 3. The molecule has 0 aliphatic carbocycles. The van der Waals surface area contributed by atoms with Crippen molar-refractivity contribution in [3.63, 3.8) is 0 Å². The Bertz CT molecular complexity index is 460. The molecule has 1 rings (SSSR count). The van der Waals surface area contributed by atoms with Crippen molar-refractivity contribution in [1.29, 1.82) is 0 Å². The van der Waals surface area contributed by atoms with Crippen LogP contribution < -0.4 is 10.6 Å². The maximum absolute atomic E-state index is 11.6. The molecule has 18 heavy (non-hydrogen) atoms. The van der Waals surface area contributed by atoms with Gasteiger partial charge in [0, 0.05) is 5.69 Å². The molecule has 6 heteroatoms. The lowest BCUT2D eigenvalue weighted by atomic mass is 10.2. The lowest BCUT2D eigenvalue weighted by molar-refractivity contribution is -0.139. The van der Waals surface area contributed by atoms with Crippen molar-refractivity contribution >= 4 is 17.7 Å². The predicted molar refractivity (Wildman–Crippen MR) is 67.6 cm³/mol. The Morgan fingerprint density at radius 1 is 1.39 bits per heavy atom. The van der Waals surface area contributed by atoms with Crippen LogP contribution in [-0.2, 0) is 4.79 Å². The van der Waals surface area contributed by atoms with Crippen LogP contribution in [0.5, 0.6) is 0 Å². The topological polar surface area (TPSA) is 91.3 Å². The minimum absolute atomic E-state index is 0.327. The monoisotopic (exact) mass is 251 g/mol. The summed E-state index contributed by atoms with van der Waals surface area (Å²) in [5.74, 6) is -1.05. The predicted octanol–water partition coefficient (Wildman–Crippen LogP) is 1.68. The van der Waals surface area contributed by atoms with Gasteiger partial charge < -0.3 is 15.7 Å². The number of pyridine rings is 1. The molecular formula is C12H17N3O3. The molecule has 1 heterocycles. The highest BCUT2D eigenvalue weighted by Gasteiger charge is 2.17. The lowest BCUT2D eigenvalue weighted by Crippen LogP contribution is -2.42. The average Bonchev–Trinajstić information content (AvgIpc) is 2.29. The van der Waals surface area contributed by atoms with Crippen molar-refractivity contribution in [3.05, 3.63) is 23.5 Å². The zero-order valence-corrected chi connectivity index (χ0v) is 10.7. The number of anilines is 1. The summed E-state index contributed by atoms with van der Waals surface area (Å²) in [5.41, 5.74) is 2.11. The van der Waals surface area contributed by atoms with Crippen LogP contribution in [0.3, 0.4) is 0 Å². The Hall–Kier alpha value is -2.11.